The summed E-state index contributed by atoms with van der Waals surface area (Å²) in [4.78, 5) is 31.4. The van der Waals surface area contributed by atoms with E-state index in [4.69, 9.17) is 25.8 Å². The molecule has 0 radical (unpaired) electrons. The van der Waals surface area contributed by atoms with Crippen molar-refractivity contribution in [1.82, 2.24) is 9.88 Å². The van der Waals surface area contributed by atoms with Gasteiger partial charge in [0.2, 0.25) is 0 Å². The zero-order valence-electron chi connectivity index (χ0n) is 18.3. The van der Waals surface area contributed by atoms with Crippen LogP contribution in [-0.2, 0) is 14.3 Å². The number of nitrogens with zero attached hydrogens (tertiary/aromatic N) is 2. The Morgan fingerprint density at radius 1 is 1.16 bits per heavy atom. The van der Waals surface area contributed by atoms with Gasteiger partial charge in [0.25, 0.3) is 11.7 Å². The largest absolute Gasteiger partial charge is 0.507 e. The fourth-order valence-corrected chi connectivity index (χ4v) is 3.81. The molecule has 1 amide bonds. The van der Waals surface area contributed by atoms with Gasteiger partial charge >= 0.3 is 0 Å². The highest BCUT2D eigenvalue weighted by atomic mass is 35.5. The van der Waals surface area contributed by atoms with Crippen LogP contribution in [-0.4, -0.2) is 60.2 Å². The number of pyridine rings is 1. The van der Waals surface area contributed by atoms with E-state index in [2.05, 4.69) is 4.98 Å². The molecule has 170 valence electrons. The Kier molecular flexibility index (Phi) is 7.37. The van der Waals surface area contributed by atoms with Crippen molar-refractivity contribution in [1.29, 1.82) is 0 Å². The van der Waals surface area contributed by atoms with Gasteiger partial charge in [-0.05, 0) is 37.6 Å². The van der Waals surface area contributed by atoms with E-state index in [9.17, 15) is 14.7 Å². The molecule has 1 N–H and O–H groups in total. The summed E-state index contributed by atoms with van der Waals surface area (Å²) in [5, 5.41) is 11.5. The maximum absolute atomic E-state index is 13.1. The van der Waals surface area contributed by atoms with Gasteiger partial charge in [0.1, 0.15) is 17.3 Å². The Labute approximate surface area is 191 Å². The van der Waals surface area contributed by atoms with Crippen LogP contribution < -0.4 is 9.47 Å². The summed E-state index contributed by atoms with van der Waals surface area (Å²) in [5.74, 6) is -1.39. The number of benzene rings is 1. The van der Waals surface area contributed by atoms with E-state index < -0.39 is 17.7 Å². The fourth-order valence-electron chi connectivity index (χ4n) is 3.58. The highest BCUT2D eigenvalue weighted by Gasteiger charge is 2.46. The maximum atomic E-state index is 13.1. The standard InChI is InChI=1S/C23H25ClN2O6/c1-13(2)32-10-9-26-20(14-5-7-25-8-6-14)19(22(28)23(26)29)21(27)15-11-18(31-4)16(24)12-17(15)30-3/h5-8,11-13,20,27H,9-10H2,1-4H3/b21-19+. The average molecular weight is 461 g/mol. The number of halogens is 1. The van der Waals surface area contributed by atoms with E-state index in [1.165, 1.54) is 31.3 Å². The quantitative estimate of drug-likeness (QED) is 0.365. The molecule has 1 saturated heterocycles. The second-order valence-electron chi connectivity index (χ2n) is 7.38. The van der Waals surface area contributed by atoms with Crippen LogP contribution >= 0.6 is 11.6 Å². The molecule has 1 fully saturated rings. The van der Waals surface area contributed by atoms with Crippen LogP contribution in [0.25, 0.3) is 5.76 Å². The van der Waals surface area contributed by atoms with E-state index in [1.807, 2.05) is 13.8 Å². The Morgan fingerprint density at radius 3 is 2.41 bits per heavy atom. The topological polar surface area (TPSA) is 98.2 Å². The van der Waals surface area contributed by atoms with E-state index in [1.54, 1.807) is 24.5 Å². The monoisotopic (exact) mass is 460 g/mol. The first-order chi connectivity index (χ1) is 15.3. The number of likely N-dealkylation sites (tertiary alicyclic amines) is 1. The zero-order valence-corrected chi connectivity index (χ0v) is 19.0. The van der Waals surface area contributed by atoms with Gasteiger partial charge in [-0.25, -0.2) is 0 Å². The van der Waals surface area contributed by atoms with E-state index in [-0.39, 0.29) is 52.7 Å². The van der Waals surface area contributed by atoms with Crippen LogP contribution in [0.5, 0.6) is 11.5 Å². The van der Waals surface area contributed by atoms with Gasteiger partial charge in [0.15, 0.2) is 0 Å². The van der Waals surface area contributed by atoms with Crippen molar-refractivity contribution in [3.05, 3.63) is 58.4 Å². The summed E-state index contributed by atoms with van der Waals surface area (Å²) in [5.41, 5.74) is 0.753. The molecule has 1 aromatic carbocycles. The zero-order chi connectivity index (χ0) is 23.4. The van der Waals surface area contributed by atoms with E-state index in [0.29, 0.717) is 5.56 Å². The number of carbonyl (C=O) groups excluding carboxylic acids is 2. The number of Topliss-reactive ketones (excluding diaryl/α,β-unsaturated/α-hetero) is 1. The Hall–Kier alpha value is -3.10. The second kappa shape index (κ2) is 10.0. The fraction of sp³-hybridized carbons (Fsp3) is 0.348. The lowest BCUT2D eigenvalue weighted by Gasteiger charge is -2.25. The van der Waals surface area contributed by atoms with Crippen LogP contribution in [0.2, 0.25) is 5.02 Å². The van der Waals surface area contributed by atoms with Crippen molar-refractivity contribution in [2.75, 3.05) is 27.4 Å². The molecular formula is C23H25ClN2O6. The molecular weight excluding hydrogens is 436 g/mol. The Balaban J connectivity index is 2.17. The van der Waals surface area contributed by atoms with Crippen molar-refractivity contribution in [3.63, 3.8) is 0 Å². The lowest BCUT2D eigenvalue weighted by Crippen LogP contribution is -2.33. The van der Waals surface area contributed by atoms with Crippen molar-refractivity contribution < 1.29 is 28.9 Å². The van der Waals surface area contributed by atoms with Crippen molar-refractivity contribution in [2.45, 2.75) is 26.0 Å². The smallest absolute Gasteiger partial charge is 0.295 e. The molecule has 0 bridgehead atoms. The van der Waals surface area contributed by atoms with Crippen molar-refractivity contribution in [2.24, 2.45) is 0 Å². The number of ketones is 1. The summed E-state index contributed by atoms with van der Waals surface area (Å²) in [7, 11) is 2.85. The second-order valence-corrected chi connectivity index (χ2v) is 7.79. The highest BCUT2D eigenvalue weighted by molar-refractivity contribution is 6.46. The molecule has 0 spiro atoms. The summed E-state index contributed by atoms with van der Waals surface area (Å²) in [6.07, 6.45) is 3.09. The SMILES string of the molecule is COc1cc(/C(O)=C2\C(=O)C(=O)N(CCOC(C)C)C2c2ccncc2)c(OC)cc1Cl. The highest BCUT2D eigenvalue weighted by Crippen LogP contribution is 2.42. The Morgan fingerprint density at radius 2 is 1.81 bits per heavy atom. The molecule has 1 aliphatic rings. The van der Waals surface area contributed by atoms with Crippen LogP contribution in [0.15, 0.2) is 42.2 Å². The van der Waals surface area contributed by atoms with Gasteiger partial charge < -0.3 is 24.2 Å². The summed E-state index contributed by atoms with van der Waals surface area (Å²) < 4.78 is 16.2. The third-order valence-electron chi connectivity index (χ3n) is 5.07. The first-order valence-electron chi connectivity index (χ1n) is 10.0. The third kappa shape index (κ3) is 4.56. The van der Waals surface area contributed by atoms with Crippen LogP contribution in [0, 0.1) is 0 Å². The number of methoxy groups -OCH3 is 2. The summed E-state index contributed by atoms with van der Waals surface area (Å²) in [6.45, 7) is 4.18. The van der Waals surface area contributed by atoms with Gasteiger partial charge in [0, 0.05) is 25.0 Å². The Bertz CT molecular complexity index is 1040. The van der Waals surface area contributed by atoms with E-state index >= 15 is 0 Å². The van der Waals surface area contributed by atoms with Gasteiger partial charge in [-0.1, -0.05) is 11.6 Å². The van der Waals surface area contributed by atoms with Crippen molar-refractivity contribution >= 4 is 29.1 Å². The molecule has 1 unspecified atom stereocenters. The molecule has 1 atom stereocenters. The number of ether oxygens (including phenoxy) is 3. The first kappa shape index (κ1) is 23.6. The van der Waals surface area contributed by atoms with Gasteiger partial charge in [0.05, 0.1) is 49.1 Å². The number of aliphatic hydroxyl groups excluding tert-OH is 1. The predicted octanol–water partition coefficient (Wildman–Crippen LogP) is 3.60. The number of hydrogen-bond acceptors (Lipinski definition) is 7. The number of amides is 1. The molecule has 3 rings (SSSR count). The number of aliphatic hydroxyl groups is 1. The molecule has 9 heteroatoms. The van der Waals surface area contributed by atoms with Crippen LogP contribution in [0.1, 0.15) is 31.0 Å². The third-order valence-corrected chi connectivity index (χ3v) is 5.37. The molecule has 2 heterocycles. The van der Waals surface area contributed by atoms with Crippen LogP contribution in [0.3, 0.4) is 0 Å². The molecule has 8 nitrogen and oxygen atoms in total. The van der Waals surface area contributed by atoms with E-state index in [0.717, 1.165) is 0 Å². The van der Waals surface area contributed by atoms with Gasteiger partial charge in [-0.3, -0.25) is 14.6 Å². The number of aromatic nitrogens is 1. The van der Waals surface area contributed by atoms with Gasteiger partial charge in [-0.2, -0.15) is 0 Å². The average Bonchev–Trinajstić information content (AvgIpc) is 3.03. The minimum atomic E-state index is -0.819. The molecule has 32 heavy (non-hydrogen) atoms. The molecule has 1 aromatic heterocycles. The predicted molar refractivity (Wildman–Crippen MR) is 119 cm³/mol. The maximum Gasteiger partial charge on any atom is 0.295 e. The number of rotatable bonds is 8. The number of hydrogen-bond donors (Lipinski definition) is 1. The molecule has 2 aromatic rings. The summed E-state index contributed by atoms with van der Waals surface area (Å²) >= 11 is 6.17. The lowest BCUT2D eigenvalue weighted by atomic mass is 9.95. The minimum Gasteiger partial charge on any atom is -0.507 e. The van der Waals surface area contributed by atoms with Gasteiger partial charge in [-0.15, -0.1) is 0 Å². The van der Waals surface area contributed by atoms with Crippen LogP contribution in [0.4, 0.5) is 0 Å². The first-order valence-corrected chi connectivity index (χ1v) is 10.4. The normalized spacial score (nSPS) is 17.8. The number of carbonyl (C=O) groups is 2. The molecule has 0 aliphatic carbocycles. The lowest BCUT2D eigenvalue weighted by molar-refractivity contribution is -0.140. The summed E-state index contributed by atoms with van der Waals surface area (Å²) in [6, 6.07) is 5.51. The minimum absolute atomic E-state index is 0.0306. The molecule has 1 aliphatic heterocycles. The molecule has 0 saturated carbocycles. The van der Waals surface area contributed by atoms with Crippen molar-refractivity contribution in [3.8, 4) is 11.5 Å².